The Morgan fingerprint density at radius 2 is 2.10 bits per heavy atom. The summed E-state index contributed by atoms with van der Waals surface area (Å²) in [4.78, 5) is 17.0. The monoisotopic (exact) mass is 290 g/mol. The van der Waals surface area contributed by atoms with Crippen molar-refractivity contribution in [1.29, 1.82) is 0 Å². The molecular weight excluding hydrogens is 273 g/mol. The Kier molecular flexibility index (Phi) is 3.77. The zero-order valence-electron chi connectivity index (χ0n) is 11.6. The van der Waals surface area contributed by atoms with Crippen molar-refractivity contribution in [2.75, 3.05) is 20.6 Å². The van der Waals surface area contributed by atoms with E-state index in [4.69, 9.17) is 0 Å². The quantitative estimate of drug-likeness (QED) is 0.890. The highest BCUT2D eigenvalue weighted by atomic mass is 19.4. The zero-order valence-corrected chi connectivity index (χ0v) is 11.6. The van der Waals surface area contributed by atoms with E-state index in [1.54, 1.807) is 0 Å². The number of fused-ring (bicyclic) bond motifs is 1. The largest absolute Gasteiger partial charge is 0.449 e. The summed E-state index contributed by atoms with van der Waals surface area (Å²) in [5.41, 5.74) is 0.876. The van der Waals surface area contributed by atoms with Crippen LogP contribution in [-0.2, 0) is 23.9 Å². The van der Waals surface area contributed by atoms with Crippen LogP contribution < -0.4 is 5.32 Å². The number of aromatic nitrogens is 2. The Morgan fingerprint density at radius 1 is 1.45 bits per heavy atom. The van der Waals surface area contributed by atoms with Crippen LogP contribution in [0.25, 0.3) is 0 Å². The van der Waals surface area contributed by atoms with Gasteiger partial charge in [0, 0.05) is 39.3 Å². The summed E-state index contributed by atoms with van der Waals surface area (Å²) in [6, 6.07) is -0.920. The van der Waals surface area contributed by atoms with E-state index in [9.17, 15) is 18.0 Å². The molecule has 112 valence electrons. The van der Waals surface area contributed by atoms with Crippen LogP contribution >= 0.6 is 0 Å². The summed E-state index contributed by atoms with van der Waals surface area (Å²) in [6.45, 7) is 2.36. The number of amides is 1. The fourth-order valence-electron chi connectivity index (χ4n) is 2.43. The van der Waals surface area contributed by atoms with Gasteiger partial charge in [-0.3, -0.25) is 4.79 Å². The molecule has 20 heavy (non-hydrogen) atoms. The Hall–Kier alpha value is -1.57. The number of hydrogen-bond acceptors (Lipinski definition) is 3. The van der Waals surface area contributed by atoms with Crippen LogP contribution in [-0.4, -0.2) is 41.0 Å². The fourth-order valence-corrected chi connectivity index (χ4v) is 2.43. The molecule has 0 saturated heterocycles. The molecular formula is C12H17F3N4O. The van der Waals surface area contributed by atoms with E-state index in [2.05, 4.69) is 10.3 Å². The highest BCUT2D eigenvalue weighted by molar-refractivity contribution is 5.79. The van der Waals surface area contributed by atoms with Crippen LogP contribution in [0.3, 0.4) is 0 Å². The van der Waals surface area contributed by atoms with Crippen molar-refractivity contribution >= 4 is 5.91 Å². The molecule has 1 aliphatic rings. The molecule has 1 atom stereocenters. The molecule has 0 fully saturated rings. The average Bonchev–Trinajstić information content (AvgIpc) is 2.76. The zero-order chi connectivity index (χ0) is 15.1. The number of rotatable bonds is 2. The van der Waals surface area contributed by atoms with Crippen LogP contribution in [0.15, 0.2) is 0 Å². The number of carbonyl (C=O) groups excluding carboxylic acids is 1. The predicted octanol–water partition coefficient (Wildman–Crippen LogP) is 1.20. The van der Waals surface area contributed by atoms with Crippen molar-refractivity contribution in [3.8, 4) is 0 Å². The van der Waals surface area contributed by atoms with Crippen molar-refractivity contribution in [1.82, 2.24) is 19.8 Å². The highest BCUT2D eigenvalue weighted by Gasteiger charge is 2.41. The molecule has 0 spiro atoms. The van der Waals surface area contributed by atoms with Gasteiger partial charge in [0.15, 0.2) is 0 Å². The maximum absolute atomic E-state index is 13.1. The Bertz CT molecular complexity index is 522. The molecule has 0 saturated carbocycles. The van der Waals surface area contributed by atoms with Gasteiger partial charge in [-0.1, -0.05) is 0 Å². The summed E-state index contributed by atoms with van der Waals surface area (Å²) < 4.78 is 40.4. The number of halogens is 3. The second kappa shape index (κ2) is 5.08. The Morgan fingerprint density at radius 3 is 2.65 bits per heavy atom. The summed E-state index contributed by atoms with van der Waals surface area (Å²) in [7, 11) is 3.05. The maximum atomic E-state index is 13.1. The predicted molar refractivity (Wildman–Crippen MR) is 66.0 cm³/mol. The summed E-state index contributed by atoms with van der Waals surface area (Å²) in [6.07, 6.45) is -4.14. The first-order valence-electron chi connectivity index (χ1n) is 6.32. The van der Waals surface area contributed by atoms with Crippen molar-refractivity contribution < 1.29 is 18.0 Å². The molecule has 1 unspecified atom stereocenters. The lowest BCUT2D eigenvalue weighted by atomic mass is 10.1. The molecule has 2 rings (SSSR count). The van der Waals surface area contributed by atoms with Crippen LogP contribution in [0.5, 0.6) is 0 Å². The number of imidazole rings is 1. The minimum absolute atomic E-state index is 0.300. The Balaban J connectivity index is 2.54. The molecule has 0 aliphatic carbocycles. The number of hydrogen-bond donors (Lipinski definition) is 1. The molecule has 0 bridgehead atoms. The summed E-state index contributed by atoms with van der Waals surface area (Å²) in [5.74, 6) is -1.37. The smallest absolute Gasteiger partial charge is 0.347 e. The molecule has 0 radical (unpaired) electrons. The van der Waals surface area contributed by atoms with E-state index < -0.39 is 18.0 Å². The SMILES string of the molecule is CC(C(=O)N(C)C)n1c(C(F)(F)F)nc2c1CCNC2. The molecule has 0 aromatic carbocycles. The van der Waals surface area contributed by atoms with Crippen molar-refractivity contribution in [3.63, 3.8) is 0 Å². The number of nitrogens with zero attached hydrogens (tertiary/aromatic N) is 3. The van der Waals surface area contributed by atoms with Gasteiger partial charge < -0.3 is 14.8 Å². The minimum Gasteiger partial charge on any atom is -0.347 e. The molecule has 1 aliphatic heterocycles. The van der Waals surface area contributed by atoms with Crippen LogP contribution in [0.4, 0.5) is 13.2 Å². The highest BCUT2D eigenvalue weighted by Crippen LogP contribution is 2.33. The van der Waals surface area contributed by atoms with E-state index in [0.717, 1.165) is 4.57 Å². The van der Waals surface area contributed by atoms with Crippen molar-refractivity contribution in [3.05, 3.63) is 17.2 Å². The second-order valence-electron chi connectivity index (χ2n) is 5.03. The third kappa shape index (κ3) is 2.52. The maximum Gasteiger partial charge on any atom is 0.449 e. The van der Waals surface area contributed by atoms with Gasteiger partial charge >= 0.3 is 6.18 Å². The minimum atomic E-state index is -4.57. The first kappa shape index (κ1) is 14.8. The molecule has 1 amide bonds. The van der Waals surface area contributed by atoms with Gasteiger partial charge in [-0.05, 0) is 6.92 Å². The molecule has 1 N–H and O–H groups in total. The van der Waals surface area contributed by atoms with Crippen molar-refractivity contribution in [2.45, 2.75) is 32.1 Å². The lowest BCUT2D eigenvalue weighted by Gasteiger charge is -2.24. The second-order valence-corrected chi connectivity index (χ2v) is 5.03. The van der Waals surface area contributed by atoms with Gasteiger partial charge in [0.2, 0.25) is 11.7 Å². The standard InChI is InChI=1S/C12H17F3N4O/c1-7(10(20)18(2)3)19-9-4-5-16-6-8(9)17-11(19)12(13,14)15/h7,16H,4-6H2,1-3H3. The molecule has 1 aromatic rings. The van der Waals surface area contributed by atoms with E-state index in [1.165, 1.54) is 25.9 Å². The van der Waals surface area contributed by atoms with Gasteiger partial charge in [-0.2, -0.15) is 13.2 Å². The number of likely N-dealkylation sites (N-methyl/N-ethyl adjacent to an activating group) is 1. The van der Waals surface area contributed by atoms with Gasteiger partial charge in [-0.15, -0.1) is 0 Å². The van der Waals surface area contributed by atoms with Crippen LogP contribution in [0, 0.1) is 0 Å². The van der Waals surface area contributed by atoms with Crippen LogP contribution in [0.1, 0.15) is 30.2 Å². The molecule has 8 heteroatoms. The first-order chi connectivity index (χ1) is 9.23. The van der Waals surface area contributed by atoms with Gasteiger partial charge in [0.25, 0.3) is 0 Å². The first-order valence-corrected chi connectivity index (χ1v) is 6.32. The third-order valence-electron chi connectivity index (χ3n) is 3.36. The summed E-state index contributed by atoms with van der Waals surface area (Å²) in [5, 5.41) is 2.99. The lowest BCUT2D eigenvalue weighted by molar-refractivity contribution is -0.149. The number of carbonyl (C=O) groups is 1. The van der Waals surface area contributed by atoms with E-state index in [0.29, 0.717) is 30.9 Å². The van der Waals surface area contributed by atoms with Crippen LogP contribution in [0.2, 0.25) is 0 Å². The lowest BCUT2D eigenvalue weighted by Crippen LogP contribution is -2.34. The third-order valence-corrected chi connectivity index (χ3v) is 3.36. The molecule has 1 aromatic heterocycles. The van der Waals surface area contributed by atoms with Crippen molar-refractivity contribution in [2.24, 2.45) is 0 Å². The van der Waals surface area contributed by atoms with Gasteiger partial charge in [0.1, 0.15) is 6.04 Å². The normalized spacial score (nSPS) is 16.7. The average molecular weight is 290 g/mol. The molecule has 5 nitrogen and oxygen atoms in total. The van der Waals surface area contributed by atoms with Gasteiger partial charge in [-0.25, -0.2) is 4.98 Å². The number of alkyl halides is 3. The Labute approximate surface area is 114 Å². The molecule has 2 heterocycles. The van der Waals surface area contributed by atoms with E-state index >= 15 is 0 Å². The summed E-state index contributed by atoms with van der Waals surface area (Å²) >= 11 is 0. The topological polar surface area (TPSA) is 50.2 Å². The van der Waals surface area contributed by atoms with E-state index in [-0.39, 0.29) is 5.91 Å². The van der Waals surface area contributed by atoms with Gasteiger partial charge in [0.05, 0.1) is 5.69 Å². The fraction of sp³-hybridized carbons (Fsp3) is 0.667. The van der Waals surface area contributed by atoms with E-state index in [1.807, 2.05) is 0 Å². The number of nitrogens with one attached hydrogen (secondary N) is 1.